The van der Waals surface area contributed by atoms with E-state index in [1.807, 2.05) is 30.3 Å². The molecule has 2 bridgehead atoms. The number of amides is 2. The Morgan fingerprint density at radius 3 is 2.58 bits per heavy atom. The minimum Gasteiger partial charge on any atom is -0.335 e. The van der Waals surface area contributed by atoms with Crippen LogP contribution >= 0.6 is 11.3 Å². The minimum atomic E-state index is -0.137. The Morgan fingerprint density at radius 2 is 1.81 bits per heavy atom. The van der Waals surface area contributed by atoms with Crippen molar-refractivity contribution in [1.82, 2.24) is 4.90 Å². The molecule has 2 heterocycles. The lowest BCUT2D eigenvalue weighted by Crippen LogP contribution is -2.38. The third-order valence-corrected chi connectivity index (χ3v) is 8.53. The highest BCUT2D eigenvalue weighted by atomic mass is 32.1. The van der Waals surface area contributed by atoms with E-state index in [4.69, 9.17) is 0 Å². The third kappa shape index (κ3) is 3.82. The molecule has 2 fully saturated rings. The summed E-state index contributed by atoms with van der Waals surface area (Å²) in [5, 5.41) is 3.85. The Bertz CT molecular complexity index is 1030. The van der Waals surface area contributed by atoms with Crippen LogP contribution in [0.3, 0.4) is 0 Å². The Labute approximate surface area is 189 Å². The highest BCUT2D eigenvalue weighted by Gasteiger charge is 2.51. The molecule has 1 aliphatic heterocycles. The molecule has 1 saturated carbocycles. The number of likely N-dealkylation sites (tertiary alicyclic amines) is 1. The lowest BCUT2D eigenvalue weighted by atomic mass is 9.65. The van der Waals surface area contributed by atoms with E-state index >= 15 is 0 Å². The summed E-state index contributed by atoms with van der Waals surface area (Å²) in [6.07, 6.45) is 7.55. The van der Waals surface area contributed by atoms with Gasteiger partial charge in [0.05, 0.1) is 5.56 Å². The number of benzene rings is 1. The fraction of sp³-hybridized carbons (Fsp3) is 0.538. The van der Waals surface area contributed by atoms with Crippen molar-refractivity contribution in [2.75, 3.05) is 11.9 Å². The van der Waals surface area contributed by atoms with Crippen LogP contribution in [-0.2, 0) is 12.8 Å². The Kier molecular flexibility index (Phi) is 5.00. The number of aryl methyl sites for hydroxylation is 1. The summed E-state index contributed by atoms with van der Waals surface area (Å²) in [5.74, 6) is -0.00399. The van der Waals surface area contributed by atoms with E-state index in [-0.39, 0.29) is 22.6 Å². The van der Waals surface area contributed by atoms with Crippen LogP contribution in [0.2, 0.25) is 0 Å². The molecule has 164 valence electrons. The van der Waals surface area contributed by atoms with Crippen molar-refractivity contribution in [2.24, 2.45) is 10.8 Å². The van der Waals surface area contributed by atoms with Gasteiger partial charge in [-0.2, -0.15) is 0 Å². The van der Waals surface area contributed by atoms with Crippen LogP contribution in [-0.4, -0.2) is 29.3 Å². The van der Waals surface area contributed by atoms with Gasteiger partial charge in [-0.25, -0.2) is 0 Å². The fourth-order valence-corrected chi connectivity index (χ4v) is 7.76. The van der Waals surface area contributed by atoms with Crippen molar-refractivity contribution < 1.29 is 9.59 Å². The summed E-state index contributed by atoms with van der Waals surface area (Å²) in [7, 11) is 0. The maximum absolute atomic E-state index is 14.0. The Morgan fingerprint density at radius 1 is 1.06 bits per heavy atom. The lowest BCUT2D eigenvalue weighted by molar-refractivity contribution is 0.0708. The van der Waals surface area contributed by atoms with Crippen molar-refractivity contribution >= 4 is 28.2 Å². The molecule has 2 aromatic rings. The van der Waals surface area contributed by atoms with Crippen LogP contribution in [0, 0.1) is 10.8 Å². The monoisotopic (exact) mass is 436 g/mol. The molecule has 0 spiro atoms. The van der Waals surface area contributed by atoms with Gasteiger partial charge in [-0.15, -0.1) is 11.3 Å². The summed E-state index contributed by atoms with van der Waals surface area (Å²) in [6.45, 7) is 7.85. The van der Waals surface area contributed by atoms with E-state index in [1.165, 1.54) is 16.9 Å². The summed E-state index contributed by atoms with van der Waals surface area (Å²) in [6, 6.07) is 9.58. The first kappa shape index (κ1) is 20.7. The highest BCUT2D eigenvalue weighted by molar-refractivity contribution is 7.17. The van der Waals surface area contributed by atoms with Crippen molar-refractivity contribution in [1.29, 1.82) is 0 Å². The van der Waals surface area contributed by atoms with Gasteiger partial charge in [0.15, 0.2) is 0 Å². The molecule has 5 rings (SSSR count). The number of carbonyl (C=O) groups is 2. The van der Waals surface area contributed by atoms with E-state index in [0.29, 0.717) is 11.6 Å². The van der Waals surface area contributed by atoms with Gasteiger partial charge in [0.1, 0.15) is 5.00 Å². The van der Waals surface area contributed by atoms with E-state index < -0.39 is 0 Å². The molecule has 3 aliphatic rings. The zero-order chi connectivity index (χ0) is 21.8. The predicted octanol–water partition coefficient (Wildman–Crippen LogP) is 5.92. The van der Waals surface area contributed by atoms with Crippen LogP contribution in [0.5, 0.6) is 0 Å². The summed E-state index contributed by atoms with van der Waals surface area (Å²) in [5.41, 5.74) is 3.06. The van der Waals surface area contributed by atoms with Gasteiger partial charge in [-0.3, -0.25) is 9.59 Å². The summed E-state index contributed by atoms with van der Waals surface area (Å²) < 4.78 is 0. The van der Waals surface area contributed by atoms with Gasteiger partial charge in [0.25, 0.3) is 11.8 Å². The van der Waals surface area contributed by atoms with Crippen molar-refractivity contribution in [3.63, 3.8) is 0 Å². The third-order valence-electron chi connectivity index (χ3n) is 7.32. The molecule has 1 aromatic carbocycles. The molecule has 4 nitrogen and oxygen atoms in total. The predicted molar refractivity (Wildman–Crippen MR) is 126 cm³/mol. The van der Waals surface area contributed by atoms with Gasteiger partial charge in [0.2, 0.25) is 0 Å². The zero-order valence-electron chi connectivity index (χ0n) is 18.8. The number of rotatable bonds is 3. The smallest absolute Gasteiger partial charge is 0.257 e. The van der Waals surface area contributed by atoms with Crippen LogP contribution in [0.25, 0.3) is 0 Å². The second-order valence-corrected chi connectivity index (χ2v) is 12.0. The maximum Gasteiger partial charge on any atom is 0.257 e. The summed E-state index contributed by atoms with van der Waals surface area (Å²) >= 11 is 1.62. The average molecular weight is 437 g/mol. The normalized spacial score (nSPS) is 26.4. The molecule has 2 aliphatic carbocycles. The molecule has 2 unspecified atom stereocenters. The van der Waals surface area contributed by atoms with Crippen molar-refractivity contribution in [2.45, 2.75) is 71.8 Å². The topological polar surface area (TPSA) is 49.4 Å². The van der Waals surface area contributed by atoms with Crippen molar-refractivity contribution in [3.05, 3.63) is 51.9 Å². The zero-order valence-corrected chi connectivity index (χ0v) is 19.6. The second kappa shape index (κ2) is 7.47. The van der Waals surface area contributed by atoms with Crippen LogP contribution < -0.4 is 5.32 Å². The minimum absolute atomic E-state index is 0.134. The molecule has 1 N–H and O–H groups in total. The molecular weight excluding hydrogens is 404 g/mol. The lowest BCUT2D eigenvalue weighted by Gasteiger charge is -2.39. The van der Waals surface area contributed by atoms with Crippen LogP contribution in [0.1, 0.15) is 84.0 Å². The van der Waals surface area contributed by atoms with Gasteiger partial charge in [-0.05, 0) is 73.5 Å². The largest absolute Gasteiger partial charge is 0.335 e. The molecule has 1 aromatic heterocycles. The van der Waals surface area contributed by atoms with Gasteiger partial charge < -0.3 is 10.2 Å². The first-order chi connectivity index (χ1) is 14.7. The SMILES string of the molecule is CC1(C)CC2CC(C)(CN2C(=O)c2c(NC(=O)c3ccccc3)sc3c2CCCC3)C1. The second-order valence-electron chi connectivity index (χ2n) is 10.9. The van der Waals surface area contributed by atoms with E-state index in [1.54, 1.807) is 11.3 Å². The van der Waals surface area contributed by atoms with E-state index in [2.05, 4.69) is 31.0 Å². The van der Waals surface area contributed by atoms with E-state index in [9.17, 15) is 9.59 Å². The molecular formula is C26H32N2O2S. The molecule has 2 atom stereocenters. The van der Waals surface area contributed by atoms with Gasteiger partial charge >= 0.3 is 0 Å². The van der Waals surface area contributed by atoms with Gasteiger partial charge in [-0.1, -0.05) is 39.0 Å². The van der Waals surface area contributed by atoms with Crippen LogP contribution in [0.4, 0.5) is 5.00 Å². The molecule has 31 heavy (non-hydrogen) atoms. The number of thiophene rings is 1. The molecule has 0 radical (unpaired) electrons. The quantitative estimate of drug-likeness (QED) is 0.649. The molecule has 5 heteroatoms. The maximum atomic E-state index is 14.0. The van der Waals surface area contributed by atoms with Crippen LogP contribution in [0.15, 0.2) is 30.3 Å². The summed E-state index contributed by atoms with van der Waals surface area (Å²) in [4.78, 5) is 30.3. The number of nitrogens with one attached hydrogen (secondary N) is 1. The Balaban J connectivity index is 1.49. The first-order valence-corrected chi connectivity index (χ1v) is 12.4. The van der Waals surface area contributed by atoms with Gasteiger partial charge in [0, 0.05) is 23.0 Å². The number of nitrogens with zero attached hydrogens (tertiary/aromatic N) is 1. The standard InChI is InChI=1S/C26H32N2O2S/c1-25(2)13-18-14-26(3,15-25)16-28(18)24(30)21-19-11-7-8-12-20(19)31-23(21)27-22(29)17-9-5-4-6-10-17/h4-6,9-10,18H,7-8,11-16H2,1-3H3,(H,27,29). The Hall–Kier alpha value is -2.14. The molecule has 2 amide bonds. The van der Waals surface area contributed by atoms with Crippen molar-refractivity contribution in [3.8, 4) is 0 Å². The highest BCUT2D eigenvalue weighted by Crippen LogP contribution is 2.53. The number of carbonyl (C=O) groups excluding carboxylic acids is 2. The fourth-order valence-electron chi connectivity index (χ4n) is 6.49. The number of fused-ring (bicyclic) bond motifs is 3. The number of hydrogen-bond donors (Lipinski definition) is 1. The van der Waals surface area contributed by atoms with E-state index in [0.717, 1.165) is 55.6 Å². The number of anilines is 1. The average Bonchev–Trinajstić information content (AvgIpc) is 3.20. The number of hydrogen-bond acceptors (Lipinski definition) is 3. The first-order valence-electron chi connectivity index (χ1n) is 11.6. The molecule has 1 saturated heterocycles.